The van der Waals surface area contributed by atoms with Crippen LogP contribution in [0.2, 0.25) is 5.02 Å². The van der Waals surface area contributed by atoms with E-state index in [-0.39, 0.29) is 40.7 Å². The molecule has 2 rings (SSSR count). The minimum Gasteiger partial charge on any atom is -0.507 e. The molecule has 0 spiro atoms. The summed E-state index contributed by atoms with van der Waals surface area (Å²) in [6.07, 6.45) is 7.25. The summed E-state index contributed by atoms with van der Waals surface area (Å²) in [5.41, 5.74) is -0.0334. The van der Waals surface area contributed by atoms with Gasteiger partial charge in [-0.3, -0.25) is 4.79 Å². The highest BCUT2D eigenvalue weighted by molar-refractivity contribution is 6.33. The van der Waals surface area contributed by atoms with Gasteiger partial charge in [-0.25, -0.2) is 4.79 Å². The van der Waals surface area contributed by atoms with Gasteiger partial charge in [0.15, 0.2) is 0 Å². The van der Waals surface area contributed by atoms with E-state index in [0.29, 0.717) is 12.8 Å². The second-order valence-corrected chi connectivity index (χ2v) is 5.82. The second-order valence-electron chi connectivity index (χ2n) is 5.44. The first-order valence-corrected chi connectivity index (χ1v) is 7.95. The smallest absolute Gasteiger partial charge is 0.342 e. The number of benzene rings is 1. The number of Topliss-reactive ketones (excluding diaryl/α,β-unsaturated/α-hetero) is 1. The van der Waals surface area contributed by atoms with Gasteiger partial charge >= 0.3 is 5.97 Å². The van der Waals surface area contributed by atoms with Crippen LogP contribution < -0.4 is 0 Å². The van der Waals surface area contributed by atoms with Crippen LogP contribution in [0.25, 0.3) is 0 Å². The van der Waals surface area contributed by atoms with Gasteiger partial charge < -0.3 is 14.9 Å². The van der Waals surface area contributed by atoms with E-state index in [0.717, 1.165) is 25.3 Å². The molecule has 124 valence electrons. The number of hydrogen-bond acceptors (Lipinski definition) is 5. The number of carbonyl (C=O) groups excluding carboxylic acids is 2. The first-order valence-electron chi connectivity index (χ1n) is 7.58. The van der Waals surface area contributed by atoms with Gasteiger partial charge in [0, 0.05) is 24.5 Å². The average Bonchev–Trinajstić information content (AvgIpc) is 2.50. The summed E-state index contributed by atoms with van der Waals surface area (Å²) < 4.78 is 5.12. The summed E-state index contributed by atoms with van der Waals surface area (Å²) in [6.45, 7) is 0.167. The third-order valence-corrected chi connectivity index (χ3v) is 4.08. The first kappa shape index (κ1) is 17.3. The Hall–Kier alpha value is -2.01. The summed E-state index contributed by atoms with van der Waals surface area (Å²) in [4.78, 5) is 24.3. The number of phenols is 2. The van der Waals surface area contributed by atoms with Gasteiger partial charge in [-0.2, -0.15) is 0 Å². The molecule has 2 N–H and O–H groups in total. The van der Waals surface area contributed by atoms with Crippen LogP contribution in [0.1, 0.15) is 48.0 Å². The Morgan fingerprint density at radius 1 is 1.04 bits per heavy atom. The lowest BCUT2D eigenvalue weighted by atomic mass is 9.98. The lowest BCUT2D eigenvalue weighted by Gasteiger charge is -2.14. The van der Waals surface area contributed by atoms with Crippen molar-refractivity contribution in [3.8, 4) is 11.5 Å². The minimum absolute atomic E-state index is 0.102. The van der Waals surface area contributed by atoms with E-state index in [4.69, 9.17) is 16.3 Å². The molecule has 0 saturated heterocycles. The van der Waals surface area contributed by atoms with Crippen LogP contribution in [0, 0.1) is 0 Å². The van der Waals surface area contributed by atoms with Gasteiger partial charge in [-0.15, -0.1) is 0 Å². The number of ketones is 1. The molecule has 6 heteroatoms. The Morgan fingerprint density at radius 2 is 1.78 bits per heavy atom. The summed E-state index contributed by atoms with van der Waals surface area (Å²) in [5.74, 6) is -1.67. The number of esters is 1. The first-order chi connectivity index (χ1) is 11.0. The minimum atomic E-state index is -0.752. The molecule has 1 aromatic carbocycles. The van der Waals surface area contributed by atoms with Crippen molar-refractivity contribution in [1.29, 1.82) is 0 Å². The summed E-state index contributed by atoms with van der Waals surface area (Å²) >= 11 is 6.03. The second kappa shape index (κ2) is 8.02. The number of phenolic OH excluding ortho intramolecular Hbond substituents is 2. The Balaban J connectivity index is 2.38. The van der Waals surface area contributed by atoms with E-state index in [2.05, 4.69) is 0 Å². The van der Waals surface area contributed by atoms with E-state index < -0.39 is 11.7 Å². The number of hydrogen-bond donors (Lipinski definition) is 2. The van der Waals surface area contributed by atoms with Crippen molar-refractivity contribution in [1.82, 2.24) is 0 Å². The Labute approximate surface area is 139 Å². The maximum absolute atomic E-state index is 12.2. The van der Waals surface area contributed by atoms with Gasteiger partial charge in [0.2, 0.25) is 0 Å². The molecule has 0 amide bonds. The number of rotatable bonds is 0. The molecule has 0 saturated carbocycles. The van der Waals surface area contributed by atoms with Crippen molar-refractivity contribution in [2.24, 2.45) is 0 Å². The monoisotopic (exact) mass is 338 g/mol. The predicted octanol–water partition coefficient (Wildman–Crippen LogP) is 3.54. The molecule has 23 heavy (non-hydrogen) atoms. The van der Waals surface area contributed by atoms with E-state index in [9.17, 15) is 19.8 Å². The number of carbonyl (C=O) groups is 2. The lowest BCUT2D eigenvalue weighted by molar-refractivity contribution is -0.118. The Kier molecular flexibility index (Phi) is 6.04. The molecular weight excluding hydrogens is 320 g/mol. The molecule has 0 fully saturated rings. The molecular formula is C17H19ClO5. The largest absolute Gasteiger partial charge is 0.507 e. The highest BCUT2D eigenvalue weighted by atomic mass is 35.5. The van der Waals surface area contributed by atoms with E-state index >= 15 is 0 Å². The molecule has 0 atom stereocenters. The van der Waals surface area contributed by atoms with Crippen LogP contribution in [-0.4, -0.2) is 28.6 Å². The molecule has 1 aliphatic heterocycles. The normalized spacial score (nSPS) is 18.7. The predicted molar refractivity (Wildman–Crippen MR) is 86.0 cm³/mol. The van der Waals surface area contributed by atoms with Crippen molar-refractivity contribution in [3.63, 3.8) is 0 Å². The van der Waals surface area contributed by atoms with Crippen LogP contribution in [-0.2, 0) is 16.0 Å². The fourth-order valence-corrected chi connectivity index (χ4v) is 2.69. The van der Waals surface area contributed by atoms with Crippen LogP contribution in [0.15, 0.2) is 18.2 Å². The van der Waals surface area contributed by atoms with Gasteiger partial charge in [0.25, 0.3) is 0 Å². The van der Waals surface area contributed by atoms with Crippen LogP contribution >= 0.6 is 11.6 Å². The Morgan fingerprint density at radius 3 is 2.57 bits per heavy atom. The van der Waals surface area contributed by atoms with E-state index in [1.807, 2.05) is 12.2 Å². The van der Waals surface area contributed by atoms with Crippen molar-refractivity contribution in [2.45, 2.75) is 38.5 Å². The maximum Gasteiger partial charge on any atom is 0.342 e. The SMILES string of the molecule is O=C1CCCC/C=C\CCOC(=O)c2c(O)cc(O)c(Cl)c2C1. The van der Waals surface area contributed by atoms with Gasteiger partial charge in [-0.1, -0.05) is 23.8 Å². The Bertz CT molecular complexity index is 636. The molecule has 1 heterocycles. The summed E-state index contributed by atoms with van der Waals surface area (Å²) in [5, 5.41) is 19.6. The average molecular weight is 339 g/mol. The third kappa shape index (κ3) is 4.48. The van der Waals surface area contributed by atoms with Crippen molar-refractivity contribution < 1.29 is 24.5 Å². The molecule has 0 aromatic heterocycles. The van der Waals surface area contributed by atoms with Gasteiger partial charge in [0.05, 0.1) is 11.6 Å². The number of cyclic esters (lactones) is 1. The molecule has 1 aliphatic rings. The fourth-order valence-electron chi connectivity index (χ4n) is 2.48. The van der Waals surface area contributed by atoms with E-state index in [1.54, 1.807) is 0 Å². The quantitative estimate of drug-likeness (QED) is 0.558. The number of allylic oxidation sites excluding steroid dienone is 1. The summed E-state index contributed by atoms with van der Waals surface area (Å²) in [7, 11) is 0. The van der Waals surface area contributed by atoms with Crippen LogP contribution in [0.3, 0.4) is 0 Å². The number of halogens is 1. The zero-order valence-corrected chi connectivity index (χ0v) is 13.4. The topological polar surface area (TPSA) is 83.8 Å². The number of fused-ring (bicyclic) bond motifs is 1. The molecule has 0 radical (unpaired) electrons. The van der Waals surface area contributed by atoms with Crippen LogP contribution in [0.4, 0.5) is 0 Å². The lowest BCUT2D eigenvalue weighted by Crippen LogP contribution is -2.13. The van der Waals surface area contributed by atoms with Crippen molar-refractivity contribution in [2.75, 3.05) is 6.61 Å². The standard InChI is InChI=1S/C17H19ClO5/c18-16-12-9-11(19)7-5-3-1-2-4-6-8-23-17(22)15(12)13(20)10-14(16)21/h2,4,10,20-21H,1,3,5-9H2/b4-2-. The number of ether oxygens (including phenoxy) is 1. The number of aromatic hydroxyl groups is 2. The van der Waals surface area contributed by atoms with Gasteiger partial charge in [-0.05, 0) is 25.7 Å². The molecule has 5 nitrogen and oxygen atoms in total. The molecule has 0 bridgehead atoms. The van der Waals surface area contributed by atoms with Crippen molar-refractivity contribution >= 4 is 23.4 Å². The highest BCUT2D eigenvalue weighted by Crippen LogP contribution is 2.37. The third-order valence-electron chi connectivity index (χ3n) is 3.66. The highest BCUT2D eigenvalue weighted by Gasteiger charge is 2.24. The fraction of sp³-hybridized carbons (Fsp3) is 0.412. The van der Waals surface area contributed by atoms with Gasteiger partial charge in [0.1, 0.15) is 22.8 Å². The maximum atomic E-state index is 12.2. The zero-order chi connectivity index (χ0) is 16.8. The molecule has 0 aliphatic carbocycles. The molecule has 1 aromatic rings. The van der Waals surface area contributed by atoms with Crippen LogP contribution in [0.5, 0.6) is 11.5 Å². The molecule has 0 unspecified atom stereocenters. The summed E-state index contributed by atoms with van der Waals surface area (Å²) in [6, 6.07) is 0.982. The van der Waals surface area contributed by atoms with Crippen molar-refractivity contribution in [3.05, 3.63) is 34.4 Å². The zero-order valence-electron chi connectivity index (χ0n) is 12.7. The van der Waals surface area contributed by atoms with E-state index in [1.165, 1.54) is 0 Å².